The molecule has 0 amide bonds. The molecule has 36 heavy (non-hydrogen) atoms. The molecule has 0 saturated carbocycles. The van der Waals surface area contributed by atoms with Crippen LogP contribution in [0.3, 0.4) is 0 Å². The number of anilines is 2. The van der Waals surface area contributed by atoms with Crippen molar-refractivity contribution in [1.29, 1.82) is 0 Å². The largest absolute Gasteiger partial charge is 0.381 e. The number of halogens is 2. The summed E-state index contributed by atoms with van der Waals surface area (Å²) in [5, 5.41) is 3.04. The van der Waals surface area contributed by atoms with Crippen LogP contribution in [0.4, 0.5) is 20.5 Å². The normalized spacial score (nSPS) is 15.5. The molecule has 0 unspecified atom stereocenters. The molecule has 5 rings (SSSR count). The first-order chi connectivity index (χ1) is 17.3. The van der Waals surface area contributed by atoms with Gasteiger partial charge in [-0.1, -0.05) is 13.0 Å². The van der Waals surface area contributed by atoms with E-state index in [9.17, 15) is 8.78 Å². The Balaban J connectivity index is 1.41. The van der Waals surface area contributed by atoms with Gasteiger partial charge in [0.2, 0.25) is 5.95 Å². The molecule has 7 nitrogen and oxygen atoms in total. The Hall–Kier alpha value is -3.46. The molecule has 9 heteroatoms. The molecule has 3 aromatic heterocycles. The van der Waals surface area contributed by atoms with E-state index in [1.165, 1.54) is 6.07 Å². The molecular formula is C27H30F2N6O. The molecule has 0 bridgehead atoms. The zero-order valence-electron chi connectivity index (χ0n) is 20.9. The van der Waals surface area contributed by atoms with Crippen LogP contribution in [-0.4, -0.2) is 37.7 Å². The van der Waals surface area contributed by atoms with Crippen molar-refractivity contribution in [1.82, 2.24) is 24.5 Å². The number of pyridine rings is 1. The number of ether oxygens (including phenoxy) is 1. The van der Waals surface area contributed by atoms with Crippen molar-refractivity contribution in [3.8, 4) is 11.3 Å². The van der Waals surface area contributed by atoms with E-state index in [1.54, 1.807) is 6.07 Å². The van der Waals surface area contributed by atoms with Crippen molar-refractivity contribution in [2.24, 2.45) is 5.92 Å². The zero-order valence-corrected chi connectivity index (χ0v) is 20.9. The maximum Gasteiger partial charge on any atom is 0.229 e. The van der Waals surface area contributed by atoms with Gasteiger partial charge in [-0.25, -0.2) is 28.7 Å². The number of benzene rings is 1. The molecule has 188 valence electrons. The van der Waals surface area contributed by atoms with E-state index >= 15 is 0 Å². The predicted octanol–water partition coefficient (Wildman–Crippen LogP) is 6.33. The Morgan fingerprint density at radius 2 is 1.78 bits per heavy atom. The van der Waals surface area contributed by atoms with Crippen molar-refractivity contribution < 1.29 is 13.5 Å². The summed E-state index contributed by atoms with van der Waals surface area (Å²) in [7, 11) is 0. The summed E-state index contributed by atoms with van der Waals surface area (Å²) >= 11 is 0. The minimum atomic E-state index is -0.639. The quantitative estimate of drug-likeness (QED) is 0.339. The maximum atomic E-state index is 14.9. The van der Waals surface area contributed by atoms with Crippen LogP contribution < -0.4 is 5.32 Å². The van der Waals surface area contributed by atoms with E-state index in [0.717, 1.165) is 37.8 Å². The lowest BCUT2D eigenvalue weighted by Crippen LogP contribution is -2.20. The molecule has 1 aliphatic rings. The second-order valence-electron chi connectivity index (χ2n) is 9.68. The molecule has 1 aliphatic heterocycles. The van der Waals surface area contributed by atoms with E-state index in [0.29, 0.717) is 34.6 Å². The second-order valence-corrected chi connectivity index (χ2v) is 9.68. The highest BCUT2D eigenvalue weighted by Gasteiger charge is 2.22. The lowest BCUT2D eigenvalue weighted by Gasteiger charge is -2.27. The maximum absolute atomic E-state index is 14.9. The van der Waals surface area contributed by atoms with E-state index in [-0.39, 0.29) is 23.2 Å². The van der Waals surface area contributed by atoms with Crippen molar-refractivity contribution in [2.45, 2.75) is 52.5 Å². The summed E-state index contributed by atoms with van der Waals surface area (Å²) in [5.74, 6) is 1.23. The highest BCUT2D eigenvalue weighted by molar-refractivity contribution is 5.83. The van der Waals surface area contributed by atoms with Gasteiger partial charge in [0, 0.05) is 31.0 Å². The molecule has 0 spiro atoms. The smallest absolute Gasteiger partial charge is 0.229 e. The van der Waals surface area contributed by atoms with Gasteiger partial charge in [-0.05, 0) is 69.2 Å². The van der Waals surface area contributed by atoms with Gasteiger partial charge < -0.3 is 14.6 Å². The van der Waals surface area contributed by atoms with Crippen LogP contribution in [0.2, 0.25) is 0 Å². The first-order valence-corrected chi connectivity index (χ1v) is 12.3. The third-order valence-electron chi connectivity index (χ3n) is 6.98. The summed E-state index contributed by atoms with van der Waals surface area (Å²) < 4.78 is 37.1. The summed E-state index contributed by atoms with van der Waals surface area (Å²) in [6, 6.07) is 6.96. The monoisotopic (exact) mass is 492 g/mol. The number of rotatable bonds is 6. The van der Waals surface area contributed by atoms with Crippen molar-refractivity contribution in [3.05, 3.63) is 59.7 Å². The average molecular weight is 493 g/mol. The zero-order chi connectivity index (χ0) is 25.4. The Kier molecular flexibility index (Phi) is 6.66. The van der Waals surface area contributed by atoms with E-state index in [1.807, 2.05) is 43.7 Å². The van der Waals surface area contributed by atoms with Gasteiger partial charge >= 0.3 is 0 Å². The van der Waals surface area contributed by atoms with Crippen LogP contribution in [0, 0.1) is 24.5 Å². The molecule has 0 radical (unpaired) electrons. The third-order valence-corrected chi connectivity index (χ3v) is 6.98. The van der Waals surface area contributed by atoms with Crippen molar-refractivity contribution in [2.75, 3.05) is 18.5 Å². The van der Waals surface area contributed by atoms with Gasteiger partial charge in [-0.2, -0.15) is 0 Å². The van der Waals surface area contributed by atoms with Crippen LogP contribution >= 0.6 is 0 Å². The van der Waals surface area contributed by atoms with E-state index in [2.05, 4.69) is 32.2 Å². The molecule has 1 saturated heterocycles. The van der Waals surface area contributed by atoms with Gasteiger partial charge in [0.05, 0.1) is 11.7 Å². The van der Waals surface area contributed by atoms with Crippen molar-refractivity contribution in [3.63, 3.8) is 0 Å². The number of hydrogen-bond donors (Lipinski definition) is 1. The number of fused-ring (bicyclic) bond motifs is 1. The summed E-state index contributed by atoms with van der Waals surface area (Å²) in [4.78, 5) is 17.3. The Bertz CT molecular complexity index is 1380. The Morgan fingerprint density at radius 1 is 1.00 bits per heavy atom. The topological polar surface area (TPSA) is 77.8 Å². The molecule has 4 heterocycles. The van der Waals surface area contributed by atoms with Gasteiger partial charge in [0.25, 0.3) is 0 Å². The molecule has 1 aromatic carbocycles. The Labute approximate surface area is 209 Å². The molecule has 1 atom stereocenters. The van der Waals surface area contributed by atoms with Gasteiger partial charge in [0.15, 0.2) is 11.6 Å². The van der Waals surface area contributed by atoms with Crippen LogP contribution in [0.25, 0.3) is 22.3 Å². The number of aryl methyl sites for hydroxylation is 1. The predicted molar refractivity (Wildman–Crippen MR) is 135 cm³/mol. The molecular weight excluding hydrogens is 462 g/mol. The fourth-order valence-corrected chi connectivity index (χ4v) is 5.04. The summed E-state index contributed by atoms with van der Waals surface area (Å²) in [5.41, 5.74) is 2.34. The van der Waals surface area contributed by atoms with E-state index in [4.69, 9.17) is 4.74 Å². The highest BCUT2D eigenvalue weighted by Crippen LogP contribution is 2.32. The summed E-state index contributed by atoms with van der Waals surface area (Å²) in [6.45, 7) is 9.65. The standard InChI is InChI=1S/C27H30F2N6O/c1-15(2)35-17(4)32-26-21(28)11-20(12-23(26)35)25-22(29)14-31-27(34-25)33-24-6-5-19(13-30-24)16(3)18-7-9-36-10-8-18/h5-6,11-16,18H,7-10H2,1-4H3,(H,30,31,33,34)/t16-/m1/s1. The lowest BCUT2D eigenvalue weighted by atomic mass is 9.83. The first-order valence-electron chi connectivity index (χ1n) is 12.3. The fraction of sp³-hybridized carbons (Fsp3) is 0.407. The lowest BCUT2D eigenvalue weighted by molar-refractivity contribution is 0.0596. The Morgan fingerprint density at radius 3 is 2.47 bits per heavy atom. The minimum absolute atomic E-state index is 0.00668. The number of nitrogens with zero attached hydrogens (tertiary/aromatic N) is 5. The van der Waals surface area contributed by atoms with Gasteiger partial charge in [0.1, 0.15) is 22.9 Å². The number of imidazole rings is 1. The second kappa shape index (κ2) is 9.89. The van der Waals surface area contributed by atoms with Gasteiger partial charge in [-0.3, -0.25) is 0 Å². The average Bonchev–Trinajstić information content (AvgIpc) is 3.22. The fourth-order valence-electron chi connectivity index (χ4n) is 5.04. The third kappa shape index (κ3) is 4.67. The van der Waals surface area contributed by atoms with Crippen LogP contribution in [0.5, 0.6) is 0 Å². The van der Waals surface area contributed by atoms with Crippen LogP contribution in [0.1, 0.15) is 57.0 Å². The highest BCUT2D eigenvalue weighted by atomic mass is 19.1. The molecule has 1 N–H and O–H groups in total. The summed E-state index contributed by atoms with van der Waals surface area (Å²) in [6.07, 6.45) is 5.04. The van der Waals surface area contributed by atoms with Crippen LogP contribution in [-0.2, 0) is 4.74 Å². The number of nitrogens with one attached hydrogen (secondary N) is 1. The molecule has 4 aromatic rings. The van der Waals surface area contributed by atoms with Crippen LogP contribution in [0.15, 0.2) is 36.7 Å². The van der Waals surface area contributed by atoms with Crippen molar-refractivity contribution >= 4 is 22.8 Å². The SMILES string of the molecule is Cc1nc2c(F)cc(-c3nc(Nc4ccc([C@H](C)C5CCOCC5)cn4)ncc3F)cc2n1C(C)C. The van der Waals surface area contributed by atoms with E-state index < -0.39 is 11.6 Å². The number of hydrogen-bond acceptors (Lipinski definition) is 6. The van der Waals surface area contributed by atoms with Gasteiger partial charge in [-0.15, -0.1) is 0 Å². The first kappa shape index (κ1) is 24.2. The number of aromatic nitrogens is 5. The molecule has 1 fully saturated rings. The minimum Gasteiger partial charge on any atom is -0.381 e. The molecule has 0 aliphatic carbocycles.